The Balaban J connectivity index is 0. The molecule has 122 valence electrons. The second kappa shape index (κ2) is 10.4. The first-order chi connectivity index (χ1) is 8.71. The largest absolute Gasteiger partial charge is 0.378 e. The van der Waals surface area contributed by atoms with Crippen molar-refractivity contribution in [2.75, 3.05) is 13.2 Å². The number of hydrogen-bond acceptors (Lipinski definition) is 3. The number of ether oxygens (including phenoxy) is 1. The van der Waals surface area contributed by atoms with Gasteiger partial charge in [-0.05, 0) is 32.1 Å². The fourth-order valence-corrected chi connectivity index (χ4v) is 1.90. The van der Waals surface area contributed by atoms with Crippen LogP contribution in [0.25, 0.3) is 0 Å². The molecule has 2 unspecified atom stereocenters. The monoisotopic (exact) mass is 308 g/mol. The minimum absolute atomic E-state index is 0. The van der Waals surface area contributed by atoms with E-state index in [1.165, 1.54) is 0 Å². The van der Waals surface area contributed by atoms with Crippen molar-refractivity contribution in [1.82, 2.24) is 5.32 Å². The smallest absolute Gasteiger partial charge is 0.222 e. The molecule has 0 rings (SSSR count). The Kier molecular flexibility index (Phi) is 11.4. The Morgan fingerprint density at radius 2 is 1.80 bits per heavy atom. The van der Waals surface area contributed by atoms with Crippen molar-refractivity contribution in [2.45, 2.75) is 66.0 Å². The quantitative estimate of drug-likeness (QED) is 0.688. The van der Waals surface area contributed by atoms with Gasteiger partial charge in [0, 0.05) is 13.0 Å². The summed E-state index contributed by atoms with van der Waals surface area (Å²) >= 11 is 0. The summed E-state index contributed by atoms with van der Waals surface area (Å²) in [6.07, 6.45) is 1.62. The fraction of sp³-hybridized carbons (Fsp3) is 0.933. The van der Waals surface area contributed by atoms with Gasteiger partial charge in [-0.3, -0.25) is 4.79 Å². The Morgan fingerprint density at radius 1 is 1.25 bits per heavy atom. The van der Waals surface area contributed by atoms with E-state index in [0.717, 1.165) is 6.42 Å². The molecule has 0 aromatic rings. The maximum absolute atomic E-state index is 11.9. The number of nitrogens with two attached hydrogens (primary N) is 1. The van der Waals surface area contributed by atoms with Crippen molar-refractivity contribution in [3.8, 4) is 0 Å². The molecule has 2 atom stereocenters. The van der Waals surface area contributed by atoms with Gasteiger partial charge in [0.2, 0.25) is 5.91 Å². The van der Waals surface area contributed by atoms with E-state index >= 15 is 0 Å². The van der Waals surface area contributed by atoms with Crippen molar-refractivity contribution < 1.29 is 9.53 Å². The SMILES string of the molecule is CC(C)CC(C)OCCC(=O)NC(C)(CN)C(C)C.Cl. The van der Waals surface area contributed by atoms with Crippen molar-refractivity contribution in [3.63, 3.8) is 0 Å². The van der Waals surface area contributed by atoms with Gasteiger partial charge < -0.3 is 15.8 Å². The molecule has 5 heteroatoms. The number of nitrogens with one attached hydrogen (secondary N) is 1. The number of rotatable bonds is 9. The third-order valence-corrected chi connectivity index (χ3v) is 3.66. The van der Waals surface area contributed by atoms with Crippen LogP contribution < -0.4 is 11.1 Å². The molecule has 0 aliphatic carbocycles. The average molecular weight is 309 g/mol. The summed E-state index contributed by atoms with van der Waals surface area (Å²) in [6, 6.07) is 0. The molecule has 20 heavy (non-hydrogen) atoms. The number of carbonyl (C=O) groups is 1. The molecule has 4 nitrogen and oxygen atoms in total. The van der Waals surface area contributed by atoms with Crippen LogP contribution in [0.2, 0.25) is 0 Å². The fourth-order valence-electron chi connectivity index (χ4n) is 1.90. The number of carbonyl (C=O) groups excluding carboxylic acids is 1. The van der Waals surface area contributed by atoms with Gasteiger partial charge >= 0.3 is 0 Å². The van der Waals surface area contributed by atoms with E-state index in [1.807, 2.05) is 6.92 Å². The second-order valence-electron chi connectivity index (χ2n) is 6.39. The third-order valence-electron chi connectivity index (χ3n) is 3.66. The molecule has 1 amide bonds. The van der Waals surface area contributed by atoms with E-state index in [1.54, 1.807) is 0 Å². The van der Waals surface area contributed by atoms with Gasteiger partial charge in [-0.25, -0.2) is 0 Å². The molecule has 0 aromatic carbocycles. The molecule has 0 aromatic heterocycles. The molecule has 0 bridgehead atoms. The van der Waals surface area contributed by atoms with Gasteiger partial charge in [0.15, 0.2) is 0 Å². The first-order valence-corrected chi connectivity index (χ1v) is 7.34. The summed E-state index contributed by atoms with van der Waals surface area (Å²) in [5.41, 5.74) is 5.41. The molecule has 0 spiro atoms. The molecule has 0 saturated carbocycles. The van der Waals surface area contributed by atoms with Gasteiger partial charge in [0.25, 0.3) is 0 Å². The molecular weight excluding hydrogens is 276 g/mol. The normalized spacial score (nSPS) is 15.7. The van der Waals surface area contributed by atoms with Crippen LogP contribution in [0.3, 0.4) is 0 Å². The van der Waals surface area contributed by atoms with E-state index in [4.69, 9.17) is 10.5 Å². The van der Waals surface area contributed by atoms with Crippen LogP contribution in [0, 0.1) is 11.8 Å². The lowest BCUT2D eigenvalue weighted by molar-refractivity contribution is -0.124. The summed E-state index contributed by atoms with van der Waals surface area (Å²) in [5, 5.41) is 3.01. The lowest BCUT2D eigenvalue weighted by atomic mass is 9.88. The Morgan fingerprint density at radius 3 is 2.20 bits per heavy atom. The Bertz CT molecular complexity index is 273. The lowest BCUT2D eigenvalue weighted by Gasteiger charge is -2.33. The highest BCUT2D eigenvalue weighted by Crippen LogP contribution is 2.15. The van der Waals surface area contributed by atoms with Crippen LogP contribution in [-0.4, -0.2) is 30.7 Å². The van der Waals surface area contributed by atoms with E-state index in [9.17, 15) is 4.79 Å². The van der Waals surface area contributed by atoms with Crippen LogP contribution in [0.5, 0.6) is 0 Å². The molecule has 0 saturated heterocycles. The zero-order chi connectivity index (χ0) is 15.1. The molecule has 3 N–H and O–H groups in total. The van der Waals surface area contributed by atoms with E-state index in [2.05, 4.69) is 39.9 Å². The maximum Gasteiger partial charge on any atom is 0.222 e. The maximum atomic E-state index is 11.9. The van der Waals surface area contributed by atoms with Crippen molar-refractivity contribution in [2.24, 2.45) is 17.6 Å². The first kappa shape index (κ1) is 22.0. The summed E-state index contributed by atoms with van der Waals surface area (Å²) in [5.74, 6) is 0.936. The summed E-state index contributed by atoms with van der Waals surface area (Å²) in [6.45, 7) is 13.4. The minimum atomic E-state index is -0.333. The summed E-state index contributed by atoms with van der Waals surface area (Å²) in [4.78, 5) is 11.9. The number of amides is 1. The molecule has 0 radical (unpaired) electrons. The molecule has 0 aliphatic heterocycles. The zero-order valence-corrected chi connectivity index (χ0v) is 14.7. The minimum Gasteiger partial charge on any atom is -0.378 e. The topological polar surface area (TPSA) is 64.3 Å². The predicted molar refractivity (Wildman–Crippen MR) is 87.2 cm³/mol. The standard InChI is InChI=1S/C15H32N2O2.ClH/c1-11(2)9-13(5)19-8-7-14(18)17-15(6,10-16)12(3)4;/h11-13H,7-10,16H2,1-6H3,(H,17,18);1H. The highest BCUT2D eigenvalue weighted by atomic mass is 35.5. The van der Waals surface area contributed by atoms with E-state index in [-0.39, 0.29) is 30.0 Å². The average Bonchev–Trinajstić information content (AvgIpc) is 2.27. The number of halogens is 1. The Labute approximate surface area is 130 Å². The van der Waals surface area contributed by atoms with Crippen LogP contribution in [0.1, 0.15) is 54.4 Å². The van der Waals surface area contributed by atoms with Crippen molar-refractivity contribution in [3.05, 3.63) is 0 Å². The van der Waals surface area contributed by atoms with Crippen LogP contribution in [-0.2, 0) is 9.53 Å². The second-order valence-corrected chi connectivity index (χ2v) is 6.39. The van der Waals surface area contributed by atoms with Gasteiger partial charge in [0.05, 0.1) is 18.2 Å². The van der Waals surface area contributed by atoms with Gasteiger partial charge in [-0.2, -0.15) is 0 Å². The number of hydrogen-bond donors (Lipinski definition) is 2. The molecule has 0 heterocycles. The Hall–Kier alpha value is -0.320. The van der Waals surface area contributed by atoms with Crippen molar-refractivity contribution >= 4 is 18.3 Å². The highest BCUT2D eigenvalue weighted by Gasteiger charge is 2.28. The van der Waals surface area contributed by atoms with Gasteiger partial charge in [-0.15, -0.1) is 12.4 Å². The van der Waals surface area contributed by atoms with Crippen LogP contribution in [0.15, 0.2) is 0 Å². The van der Waals surface area contributed by atoms with E-state index < -0.39 is 0 Å². The van der Waals surface area contributed by atoms with Crippen molar-refractivity contribution in [1.29, 1.82) is 0 Å². The first-order valence-electron chi connectivity index (χ1n) is 7.34. The van der Waals surface area contributed by atoms with Gasteiger partial charge in [0.1, 0.15) is 0 Å². The van der Waals surface area contributed by atoms with Crippen LogP contribution in [0.4, 0.5) is 0 Å². The van der Waals surface area contributed by atoms with E-state index in [0.29, 0.717) is 31.4 Å². The zero-order valence-electron chi connectivity index (χ0n) is 13.9. The molecule has 0 fully saturated rings. The molecule has 0 aliphatic rings. The summed E-state index contributed by atoms with van der Waals surface area (Å²) in [7, 11) is 0. The van der Waals surface area contributed by atoms with Crippen LogP contribution >= 0.6 is 12.4 Å². The molecular formula is C15H33ClN2O2. The lowest BCUT2D eigenvalue weighted by Crippen LogP contribution is -2.55. The summed E-state index contributed by atoms with van der Waals surface area (Å²) < 4.78 is 5.64. The highest BCUT2D eigenvalue weighted by molar-refractivity contribution is 5.85. The van der Waals surface area contributed by atoms with Gasteiger partial charge in [-0.1, -0.05) is 27.7 Å². The third kappa shape index (κ3) is 8.77. The predicted octanol–water partition coefficient (Wildman–Crippen LogP) is 2.74.